The third kappa shape index (κ3) is 4.05. The van der Waals surface area contributed by atoms with Crippen LogP contribution >= 0.6 is 0 Å². The number of carbonyl (C=O) groups is 1. The zero-order valence-corrected chi connectivity index (χ0v) is 14.0. The lowest BCUT2D eigenvalue weighted by molar-refractivity contribution is -0.119. The van der Waals surface area contributed by atoms with Gasteiger partial charge >= 0.3 is 0 Å². The van der Waals surface area contributed by atoms with Crippen LogP contribution in [0.3, 0.4) is 0 Å². The van der Waals surface area contributed by atoms with Gasteiger partial charge in [0.2, 0.25) is 5.91 Å². The average Bonchev–Trinajstić information content (AvgIpc) is 2.61. The summed E-state index contributed by atoms with van der Waals surface area (Å²) in [6.07, 6.45) is 0.556. The van der Waals surface area contributed by atoms with Crippen molar-refractivity contribution in [1.82, 2.24) is 0 Å². The fourth-order valence-electron chi connectivity index (χ4n) is 2.40. The van der Waals surface area contributed by atoms with Gasteiger partial charge in [-0.05, 0) is 36.2 Å². The van der Waals surface area contributed by atoms with Crippen molar-refractivity contribution in [3.8, 4) is 17.6 Å². The Hall–Kier alpha value is -3.00. The lowest BCUT2D eigenvalue weighted by Crippen LogP contribution is -2.22. The Morgan fingerprint density at radius 3 is 2.54 bits per heavy atom. The van der Waals surface area contributed by atoms with Crippen LogP contribution in [-0.4, -0.2) is 20.1 Å². The molecule has 0 heterocycles. The van der Waals surface area contributed by atoms with Crippen LogP contribution in [0.15, 0.2) is 42.5 Å². The normalized spacial score (nSPS) is 11.2. The predicted molar refractivity (Wildman–Crippen MR) is 92.2 cm³/mol. The van der Waals surface area contributed by atoms with Gasteiger partial charge in [0.05, 0.1) is 25.5 Å². The van der Waals surface area contributed by atoms with E-state index in [9.17, 15) is 4.79 Å². The number of rotatable bonds is 6. The maximum Gasteiger partial charge on any atom is 0.227 e. The maximum absolute atomic E-state index is 12.4. The monoisotopic (exact) mass is 324 g/mol. The number of nitrogens with one attached hydrogen (secondary N) is 1. The fraction of sp³-hybridized carbons (Fsp3) is 0.263. The Balaban J connectivity index is 2.08. The molecule has 0 saturated heterocycles. The lowest BCUT2D eigenvalue weighted by Gasteiger charge is -2.14. The predicted octanol–water partition coefficient (Wildman–Crippen LogP) is 3.39. The number of anilines is 1. The molecule has 0 saturated carbocycles. The molecule has 5 nitrogen and oxygen atoms in total. The Bertz CT molecular complexity index is 765. The van der Waals surface area contributed by atoms with E-state index in [1.807, 2.05) is 25.1 Å². The fourth-order valence-corrected chi connectivity index (χ4v) is 2.40. The van der Waals surface area contributed by atoms with Crippen molar-refractivity contribution in [3.05, 3.63) is 53.6 Å². The van der Waals surface area contributed by atoms with Crippen LogP contribution in [-0.2, 0) is 11.2 Å². The van der Waals surface area contributed by atoms with E-state index in [0.717, 1.165) is 5.56 Å². The molecule has 24 heavy (non-hydrogen) atoms. The van der Waals surface area contributed by atoms with E-state index in [0.29, 0.717) is 29.2 Å². The van der Waals surface area contributed by atoms with E-state index in [2.05, 4.69) is 11.4 Å². The standard InChI is InChI=1S/C19H20N2O3/c1-13(10-14-8-9-17(23-2)18(11-14)24-3)19(22)21-16-7-5-4-6-15(16)12-20/h4-9,11,13H,10H2,1-3H3,(H,21,22). The van der Waals surface area contributed by atoms with Crippen molar-refractivity contribution in [2.24, 2.45) is 5.92 Å². The summed E-state index contributed by atoms with van der Waals surface area (Å²) in [5.41, 5.74) is 1.96. The molecule has 1 amide bonds. The number of ether oxygens (including phenoxy) is 2. The average molecular weight is 324 g/mol. The molecule has 2 rings (SSSR count). The molecule has 0 aliphatic carbocycles. The first kappa shape index (κ1) is 17.4. The van der Waals surface area contributed by atoms with Gasteiger partial charge in [-0.25, -0.2) is 0 Å². The Morgan fingerprint density at radius 2 is 1.88 bits per heavy atom. The summed E-state index contributed by atoms with van der Waals surface area (Å²) in [7, 11) is 3.16. The quantitative estimate of drug-likeness (QED) is 0.884. The molecule has 0 radical (unpaired) electrons. The molecule has 1 N–H and O–H groups in total. The van der Waals surface area contributed by atoms with Crippen LogP contribution < -0.4 is 14.8 Å². The largest absolute Gasteiger partial charge is 0.493 e. The van der Waals surface area contributed by atoms with Gasteiger partial charge in [-0.3, -0.25) is 4.79 Å². The second-order valence-electron chi connectivity index (χ2n) is 5.44. The van der Waals surface area contributed by atoms with Gasteiger partial charge in [0, 0.05) is 5.92 Å². The van der Waals surface area contributed by atoms with E-state index in [-0.39, 0.29) is 11.8 Å². The van der Waals surface area contributed by atoms with E-state index in [4.69, 9.17) is 14.7 Å². The van der Waals surface area contributed by atoms with Gasteiger partial charge in [-0.2, -0.15) is 5.26 Å². The lowest BCUT2D eigenvalue weighted by atomic mass is 9.99. The summed E-state index contributed by atoms with van der Waals surface area (Å²) in [4.78, 5) is 12.4. The Labute approximate surface area is 141 Å². The molecule has 0 spiro atoms. The third-order valence-corrected chi connectivity index (χ3v) is 3.74. The minimum absolute atomic E-state index is 0.132. The van der Waals surface area contributed by atoms with Crippen LogP contribution in [0.25, 0.3) is 0 Å². The van der Waals surface area contributed by atoms with E-state index < -0.39 is 0 Å². The molecule has 1 unspecified atom stereocenters. The molecular formula is C19H20N2O3. The molecule has 0 bridgehead atoms. The molecule has 0 aliphatic rings. The zero-order valence-electron chi connectivity index (χ0n) is 14.0. The Kier molecular flexibility index (Phi) is 5.80. The summed E-state index contributed by atoms with van der Waals surface area (Å²) in [5, 5.41) is 11.9. The molecule has 1 atom stereocenters. The first-order chi connectivity index (χ1) is 11.6. The minimum atomic E-state index is -0.255. The van der Waals surface area contributed by atoms with Gasteiger partial charge in [-0.15, -0.1) is 0 Å². The smallest absolute Gasteiger partial charge is 0.227 e. The van der Waals surface area contributed by atoms with E-state index in [1.54, 1.807) is 38.5 Å². The summed E-state index contributed by atoms with van der Waals surface area (Å²) in [5.74, 6) is 0.904. The van der Waals surface area contributed by atoms with Crippen LogP contribution in [0.2, 0.25) is 0 Å². The molecule has 0 aliphatic heterocycles. The second-order valence-corrected chi connectivity index (χ2v) is 5.44. The summed E-state index contributed by atoms with van der Waals surface area (Å²) < 4.78 is 10.5. The molecule has 124 valence electrons. The first-order valence-electron chi connectivity index (χ1n) is 7.60. The molecular weight excluding hydrogens is 304 g/mol. The SMILES string of the molecule is COc1ccc(CC(C)C(=O)Nc2ccccc2C#N)cc1OC. The molecule has 0 fully saturated rings. The number of carbonyl (C=O) groups excluding carboxylic acids is 1. The first-order valence-corrected chi connectivity index (χ1v) is 7.60. The third-order valence-electron chi connectivity index (χ3n) is 3.74. The highest BCUT2D eigenvalue weighted by atomic mass is 16.5. The highest BCUT2D eigenvalue weighted by Crippen LogP contribution is 2.28. The molecule has 2 aromatic carbocycles. The number of amides is 1. The number of hydrogen-bond acceptors (Lipinski definition) is 4. The second kappa shape index (κ2) is 8.02. The summed E-state index contributed by atoms with van der Waals surface area (Å²) in [6.45, 7) is 1.85. The van der Waals surface area contributed by atoms with Crippen molar-refractivity contribution in [2.75, 3.05) is 19.5 Å². The van der Waals surface area contributed by atoms with Gasteiger partial charge in [0.1, 0.15) is 6.07 Å². The molecule has 2 aromatic rings. The van der Waals surface area contributed by atoms with Crippen LogP contribution in [0.5, 0.6) is 11.5 Å². The van der Waals surface area contributed by atoms with E-state index in [1.165, 1.54) is 0 Å². The Morgan fingerprint density at radius 1 is 1.17 bits per heavy atom. The number of methoxy groups -OCH3 is 2. The summed E-state index contributed by atoms with van der Waals surface area (Å²) >= 11 is 0. The van der Waals surface area contributed by atoms with Crippen LogP contribution in [0.4, 0.5) is 5.69 Å². The minimum Gasteiger partial charge on any atom is -0.493 e. The van der Waals surface area contributed by atoms with Crippen molar-refractivity contribution < 1.29 is 14.3 Å². The zero-order chi connectivity index (χ0) is 17.5. The van der Waals surface area contributed by atoms with Crippen LogP contribution in [0, 0.1) is 17.2 Å². The number of nitriles is 1. The number of hydrogen-bond donors (Lipinski definition) is 1. The van der Waals surface area contributed by atoms with Gasteiger partial charge in [-0.1, -0.05) is 25.1 Å². The molecule has 0 aromatic heterocycles. The van der Waals surface area contributed by atoms with Gasteiger partial charge in [0.15, 0.2) is 11.5 Å². The number of para-hydroxylation sites is 1. The van der Waals surface area contributed by atoms with Crippen molar-refractivity contribution >= 4 is 11.6 Å². The van der Waals surface area contributed by atoms with Crippen LogP contribution in [0.1, 0.15) is 18.1 Å². The van der Waals surface area contributed by atoms with Gasteiger partial charge < -0.3 is 14.8 Å². The van der Waals surface area contributed by atoms with Gasteiger partial charge in [0.25, 0.3) is 0 Å². The highest BCUT2D eigenvalue weighted by molar-refractivity contribution is 5.93. The van der Waals surface area contributed by atoms with Crippen molar-refractivity contribution in [2.45, 2.75) is 13.3 Å². The topological polar surface area (TPSA) is 71.3 Å². The van der Waals surface area contributed by atoms with E-state index >= 15 is 0 Å². The molecule has 5 heteroatoms. The number of benzene rings is 2. The highest BCUT2D eigenvalue weighted by Gasteiger charge is 2.16. The number of nitrogens with zero attached hydrogens (tertiary/aromatic N) is 1. The van der Waals surface area contributed by atoms with Crippen molar-refractivity contribution in [1.29, 1.82) is 5.26 Å². The van der Waals surface area contributed by atoms with Crippen molar-refractivity contribution in [3.63, 3.8) is 0 Å². The summed E-state index contributed by atoms with van der Waals surface area (Å²) in [6, 6.07) is 14.6. The maximum atomic E-state index is 12.4.